The molecule has 4 unspecified atom stereocenters. The molecule has 2 fully saturated rings. The predicted octanol–water partition coefficient (Wildman–Crippen LogP) is 2.30. The highest BCUT2D eigenvalue weighted by atomic mass is 16.5. The van der Waals surface area contributed by atoms with E-state index in [1.807, 2.05) is 30.3 Å². The van der Waals surface area contributed by atoms with Gasteiger partial charge in [-0.15, -0.1) is 0 Å². The van der Waals surface area contributed by atoms with Crippen LogP contribution in [-0.2, 0) is 11.3 Å². The highest BCUT2D eigenvalue weighted by Gasteiger charge is 2.41. The van der Waals surface area contributed by atoms with Crippen molar-refractivity contribution in [1.29, 1.82) is 0 Å². The topological polar surface area (TPSA) is 50.4 Å². The van der Waals surface area contributed by atoms with E-state index in [1.54, 1.807) is 0 Å². The Bertz CT molecular complexity index is 463. The first-order valence-corrected chi connectivity index (χ1v) is 7.43. The van der Waals surface area contributed by atoms with Crippen LogP contribution in [0.25, 0.3) is 0 Å². The zero-order chi connectivity index (χ0) is 13.9. The number of nitrogens with one attached hydrogen (secondary N) is 2. The SMILES string of the molecule is CC1NCC2CC(NC(=O)OCc3ccccc3)CC21. The number of benzene rings is 1. The van der Waals surface area contributed by atoms with E-state index in [9.17, 15) is 4.79 Å². The molecule has 1 amide bonds. The van der Waals surface area contributed by atoms with E-state index >= 15 is 0 Å². The fourth-order valence-corrected chi connectivity index (χ4v) is 3.54. The number of hydrogen-bond acceptors (Lipinski definition) is 3. The van der Waals surface area contributed by atoms with Crippen molar-refractivity contribution >= 4 is 6.09 Å². The van der Waals surface area contributed by atoms with Gasteiger partial charge in [-0.05, 0) is 43.7 Å². The molecule has 1 saturated heterocycles. The molecule has 4 atom stereocenters. The molecule has 1 aromatic carbocycles. The van der Waals surface area contributed by atoms with E-state index in [4.69, 9.17) is 4.74 Å². The Labute approximate surface area is 119 Å². The van der Waals surface area contributed by atoms with Crippen molar-refractivity contribution in [2.45, 2.75) is 38.5 Å². The molecule has 0 radical (unpaired) electrons. The predicted molar refractivity (Wildman–Crippen MR) is 77.2 cm³/mol. The van der Waals surface area contributed by atoms with E-state index in [1.165, 1.54) is 0 Å². The zero-order valence-corrected chi connectivity index (χ0v) is 11.8. The third-order valence-electron chi connectivity index (χ3n) is 4.63. The standard InChI is InChI=1S/C16H22N2O2/c1-11-15-8-14(7-13(15)9-17-11)18-16(19)20-10-12-5-3-2-4-6-12/h2-6,11,13-15,17H,7-10H2,1H3,(H,18,19). The molecule has 2 N–H and O–H groups in total. The van der Waals surface area contributed by atoms with E-state index in [0.29, 0.717) is 24.5 Å². The van der Waals surface area contributed by atoms with Gasteiger partial charge in [0.25, 0.3) is 0 Å². The lowest BCUT2D eigenvalue weighted by Crippen LogP contribution is -2.35. The van der Waals surface area contributed by atoms with Crippen LogP contribution in [0.1, 0.15) is 25.3 Å². The molecular weight excluding hydrogens is 252 g/mol. The molecule has 1 heterocycles. The molecule has 0 bridgehead atoms. The molecule has 1 aromatic rings. The van der Waals surface area contributed by atoms with Gasteiger partial charge in [-0.1, -0.05) is 30.3 Å². The van der Waals surface area contributed by atoms with Crippen molar-refractivity contribution in [2.75, 3.05) is 6.54 Å². The van der Waals surface area contributed by atoms with Crippen molar-refractivity contribution in [1.82, 2.24) is 10.6 Å². The molecule has 108 valence electrons. The van der Waals surface area contributed by atoms with Crippen LogP contribution in [0, 0.1) is 11.8 Å². The van der Waals surface area contributed by atoms with Gasteiger partial charge in [0.05, 0.1) is 0 Å². The summed E-state index contributed by atoms with van der Waals surface area (Å²) in [5, 5.41) is 6.51. The van der Waals surface area contributed by atoms with Gasteiger partial charge in [0.2, 0.25) is 0 Å². The van der Waals surface area contributed by atoms with Crippen LogP contribution in [0.3, 0.4) is 0 Å². The van der Waals surface area contributed by atoms with Gasteiger partial charge >= 0.3 is 6.09 Å². The minimum atomic E-state index is -0.292. The zero-order valence-electron chi connectivity index (χ0n) is 11.8. The fourth-order valence-electron chi connectivity index (χ4n) is 3.54. The van der Waals surface area contributed by atoms with Crippen LogP contribution < -0.4 is 10.6 Å². The number of amides is 1. The highest BCUT2D eigenvalue weighted by Crippen LogP contribution is 2.37. The summed E-state index contributed by atoms with van der Waals surface area (Å²) >= 11 is 0. The number of carbonyl (C=O) groups excluding carboxylic acids is 1. The van der Waals surface area contributed by atoms with Gasteiger partial charge in [-0.3, -0.25) is 0 Å². The molecule has 20 heavy (non-hydrogen) atoms. The molecular formula is C16H22N2O2. The lowest BCUT2D eigenvalue weighted by molar-refractivity contribution is 0.135. The molecule has 1 aliphatic heterocycles. The van der Waals surface area contributed by atoms with E-state index in [2.05, 4.69) is 17.6 Å². The average molecular weight is 274 g/mol. The van der Waals surface area contributed by atoms with Crippen molar-refractivity contribution in [3.8, 4) is 0 Å². The first-order valence-electron chi connectivity index (χ1n) is 7.43. The Morgan fingerprint density at radius 2 is 2.15 bits per heavy atom. The molecule has 1 aliphatic carbocycles. The molecule has 1 saturated carbocycles. The first kappa shape index (κ1) is 13.4. The van der Waals surface area contributed by atoms with Gasteiger partial charge < -0.3 is 15.4 Å². The van der Waals surface area contributed by atoms with Gasteiger partial charge in [0.15, 0.2) is 0 Å². The van der Waals surface area contributed by atoms with Crippen LogP contribution >= 0.6 is 0 Å². The summed E-state index contributed by atoms with van der Waals surface area (Å²) in [5.41, 5.74) is 1.02. The summed E-state index contributed by atoms with van der Waals surface area (Å²) in [6, 6.07) is 10.6. The third-order valence-corrected chi connectivity index (χ3v) is 4.63. The summed E-state index contributed by atoms with van der Waals surface area (Å²) < 4.78 is 5.27. The Morgan fingerprint density at radius 1 is 1.35 bits per heavy atom. The number of carbonyl (C=O) groups is 1. The maximum Gasteiger partial charge on any atom is 0.407 e. The Balaban J connectivity index is 1.44. The highest BCUT2D eigenvalue weighted by molar-refractivity contribution is 5.67. The molecule has 4 heteroatoms. The Kier molecular flexibility index (Phi) is 3.92. The second-order valence-electron chi connectivity index (χ2n) is 6.00. The van der Waals surface area contributed by atoms with Gasteiger partial charge in [0.1, 0.15) is 6.61 Å². The normalized spacial score (nSPS) is 31.9. The summed E-state index contributed by atoms with van der Waals surface area (Å²) in [6.45, 7) is 3.66. The minimum Gasteiger partial charge on any atom is -0.445 e. The third kappa shape index (κ3) is 2.96. The maximum absolute atomic E-state index is 11.8. The molecule has 2 aliphatic rings. The average Bonchev–Trinajstić information content (AvgIpc) is 3.00. The Morgan fingerprint density at radius 3 is 2.90 bits per heavy atom. The largest absolute Gasteiger partial charge is 0.445 e. The summed E-state index contributed by atoms with van der Waals surface area (Å²) in [7, 11) is 0. The number of fused-ring (bicyclic) bond motifs is 1. The molecule has 0 aromatic heterocycles. The van der Waals surface area contributed by atoms with E-state index in [-0.39, 0.29) is 12.1 Å². The second-order valence-corrected chi connectivity index (χ2v) is 6.00. The van der Waals surface area contributed by atoms with Gasteiger partial charge in [0, 0.05) is 12.1 Å². The van der Waals surface area contributed by atoms with Crippen LogP contribution in [0.4, 0.5) is 4.79 Å². The first-order chi connectivity index (χ1) is 9.72. The van der Waals surface area contributed by atoms with Gasteiger partial charge in [-0.2, -0.15) is 0 Å². The number of ether oxygens (including phenoxy) is 1. The molecule has 4 nitrogen and oxygen atoms in total. The Hall–Kier alpha value is -1.55. The van der Waals surface area contributed by atoms with Crippen LogP contribution in [0.15, 0.2) is 30.3 Å². The summed E-state index contributed by atoms with van der Waals surface area (Å²) in [4.78, 5) is 11.8. The van der Waals surface area contributed by atoms with Gasteiger partial charge in [-0.25, -0.2) is 4.79 Å². The van der Waals surface area contributed by atoms with Crippen molar-refractivity contribution in [3.63, 3.8) is 0 Å². The smallest absolute Gasteiger partial charge is 0.407 e. The van der Waals surface area contributed by atoms with Crippen LogP contribution in [0.2, 0.25) is 0 Å². The maximum atomic E-state index is 11.8. The lowest BCUT2D eigenvalue weighted by atomic mass is 9.95. The number of hydrogen-bond donors (Lipinski definition) is 2. The summed E-state index contributed by atoms with van der Waals surface area (Å²) in [5.74, 6) is 1.42. The van der Waals surface area contributed by atoms with Crippen molar-refractivity contribution < 1.29 is 9.53 Å². The quantitative estimate of drug-likeness (QED) is 0.889. The minimum absolute atomic E-state index is 0.276. The number of alkyl carbamates (subject to hydrolysis) is 1. The molecule has 3 rings (SSSR count). The van der Waals surface area contributed by atoms with Crippen molar-refractivity contribution in [3.05, 3.63) is 35.9 Å². The number of rotatable bonds is 3. The monoisotopic (exact) mass is 274 g/mol. The van der Waals surface area contributed by atoms with Crippen LogP contribution in [-0.4, -0.2) is 24.7 Å². The summed E-state index contributed by atoms with van der Waals surface area (Å²) in [6.07, 6.45) is 1.85. The van der Waals surface area contributed by atoms with Crippen LogP contribution in [0.5, 0.6) is 0 Å². The second kappa shape index (κ2) is 5.83. The van der Waals surface area contributed by atoms with E-state index < -0.39 is 0 Å². The molecule has 0 spiro atoms. The fraction of sp³-hybridized carbons (Fsp3) is 0.562. The van der Waals surface area contributed by atoms with Crippen molar-refractivity contribution in [2.24, 2.45) is 11.8 Å². The van der Waals surface area contributed by atoms with E-state index in [0.717, 1.165) is 24.9 Å². The lowest BCUT2D eigenvalue weighted by Gasteiger charge is -2.16.